The maximum atomic E-state index is 12.8. The molecule has 3 nitrogen and oxygen atoms in total. The Morgan fingerprint density at radius 1 is 1.24 bits per heavy atom. The maximum Gasteiger partial charge on any atom is 0.416 e. The van der Waals surface area contributed by atoms with Gasteiger partial charge in [-0.25, -0.2) is 0 Å². The molecule has 21 heavy (non-hydrogen) atoms. The molecule has 0 heterocycles. The first-order valence-corrected chi connectivity index (χ1v) is 6.60. The Hall–Kier alpha value is -1.72. The summed E-state index contributed by atoms with van der Waals surface area (Å²) in [6, 6.07) is 3.14. The lowest BCUT2D eigenvalue weighted by atomic mass is 9.96. The predicted octanol–water partition coefficient (Wildman–Crippen LogP) is 3.87. The topological polar surface area (TPSA) is 32.3 Å². The second kappa shape index (κ2) is 5.95. The molecule has 0 aromatic heterocycles. The van der Waals surface area contributed by atoms with Crippen molar-refractivity contribution < 1.29 is 18.0 Å². The fourth-order valence-electron chi connectivity index (χ4n) is 2.10. The zero-order chi connectivity index (χ0) is 16.4. The van der Waals surface area contributed by atoms with Crippen LogP contribution in [0.5, 0.6) is 0 Å². The Morgan fingerprint density at radius 3 is 2.24 bits per heavy atom. The number of carbonyl (C=O) groups excluding carboxylic acids is 1. The maximum absolute atomic E-state index is 12.8. The monoisotopic (exact) mass is 302 g/mol. The zero-order valence-electron chi connectivity index (χ0n) is 12.9. The van der Waals surface area contributed by atoms with Gasteiger partial charge in [0.1, 0.15) is 0 Å². The van der Waals surface area contributed by atoms with Gasteiger partial charge in [-0.1, -0.05) is 20.8 Å². The Balaban J connectivity index is 3.18. The summed E-state index contributed by atoms with van der Waals surface area (Å²) in [4.78, 5) is 13.8. The molecule has 0 aliphatic carbocycles. The molecule has 0 atom stereocenters. The average molecular weight is 302 g/mol. The summed E-state index contributed by atoms with van der Waals surface area (Å²) in [6.07, 6.45) is -4.47. The van der Waals surface area contributed by atoms with E-state index >= 15 is 0 Å². The third-order valence-electron chi connectivity index (χ3n) is 2.90. The molecule has 1 aromatic carbocycles. The first kappa shape index (κ1) is 17.3. The van der Waals surface area contributed by atoms with Crippen LogP contribution in [0.15, 0.2) is 18.2 Å². The number of carbonyl (C=O) groups is 1. The molecule has 6 heteroatoms. The molecule has 0 spiro atoms. The summed E-state index contributed by atoms with van der Waals surface area (Å²) < 4.78 is 38.4. The highest BCUT2D eigenvalue weighted by Crippen LogP contribution is 2.32. The fraction of sp³-hybridized carbons (Fsp3) is 0.533. The standard InChI is InChI=1S/C15H21F3N2O/c1-14(2,3)9-20(5)13(21)11-8-10(15(16,17)18)6-7-12(11)19-4/h6-8,19H,9H2,1-5H3. The number of hydrogen-bond acceptors (Lipinski definition) is 2. The van der Waals surface area contributed by atoms with E-state index in [4.69, 9.17) is 0 Å². The van der Waals surface area contributed by atoms with Crippen LogP contribution in [-0.4, -0.2) is 31.4 Å². The second-order valence-electron chi connectivity index (χ2n) is 6.23. The van der Waals surface area contributed by atoms with E-state index < -0.39 is 17.6 Å². The Morgan fingerprint density at radius 2 is 1.81 bits per heavy atom. The van der Waals surface area contributed by atoms with Gasteiger partial charge in [0, 0.05) is 26.3 Å². The second-order valence-corrected chi connectivity index (χ2v) is 6.23. The molecule has 118 valence electrons. The molecule has 0 fully saturated rings. The molecule has 1 rings (SSSR count). The van der Waals surface area contributed by atoms with Gasteiger partial charge in [0.2, 0.25) is 0 Å². The van der Waals surface area contributed by atoms with E-state index in [0.29, 0.717) is 12.2 Å². The average Bonchev–Trinajstić information content (AvgIpc) is 2.33. The van der Waals surface area contributed by atoms with Gasteiger partial charge in [0.05, 0.1) is 11.1 Å². The number of nitrogens with one attached hydrogen (secondary N) is 1. The van der Waals surface area contributed by atoms with E-state index in [2.05, 4.69) is 5.32 Å². The van der Waals surface area contributed by atoms with Gasteiger partial charge in [-0.2, -0.15) is 13.2 Å². The van der Waals surface area contributed by atoms with Gasteiger partial charge in [-0.05, 0) is 23.6 Å². The lowest BCUT2D eigenvalue weighted by molar-refractivity contribution is -0.137. The van der Waals surface area contributed by atoms with E-state index in [1.165, 1.54) is 11.0 Å². The molecule has 1 amide bonds. The lowest BCUT2D eigenvalue weighted by Crippen LogP contribution is -2.35. The highest BCUT2D eigenvalue weighted by Gasteiger charge is 2.32. The molecule has 0 unspecified atom stereocenters. The first-order valence-electron chi connectivity index (χ1n) is 6.60. The molecule has 1 N–H and O–H groups in total. The molecule has 0 radical (unpaired) electrons. The van der Waals surface area contributed by atoms with E-state index in [0.717, 1.165) is 12.1 Å². The van der Waals surface area contributed by atoms with E-state index in [9.17, 15) is 18.0 Å². The number of hydrogen-bond donors (Lipinski definition) is 1. The number of nitrogens with zero attached hydrogens (tertiary/aromatic N) is 1. The van der Waals surface area contributed by atoms with Crippen molar-refractivity contribution in [3.05, 3.63) is 29.3 Å². The van der Waals surface area contributed by atoms with Crippen LogP contribution in [0.1, 0.15) is 36.7 Å². The van der Waals surface area contributed by atoms with Gasteiger partial charge in [-0.15, -0.1) is 0 Å². The van der Waals surface area contributed by atoms with Crippen molar-refractivity contribution in [2.24, 2.45) is 5.41 Å². The highest BCUT2D eigenvalue weighted by atomic mass is 19.4. The van der Waals surface area contributed by atoms with E-state index in [-0.39, 0.29) is 11.0 Å². The van der Waals surface area contributed by atoms with Crippen LogP contribution in [0.3, 0.4) is 0 Å². The van der Waals surface area contributed by atoms with Crippen LogP contribution >= 0.6 is 0 Å². The smallest absolute Gasteiger partial charge is 0.387 e. The number of amides is 1. The fourth-order valence-corrected chi connectivity index (χ4v) is 2.10. The van der Waals surface area contributed by atoms with Gasteiger partial charge in [0.15, 0.2) is 0 Å². The van der Waals surface area contributed by atoms with Crippen molar-refractivity contribution in [2.45, 2.75) is 26.9 Å². The predicted molar refractivity (Wildman–Crippen MR) is 77.4 cm³/mol. The van der Waals surface area contributed by atoms with Crippen molar-refractivity contribution in [1.82, 2.24) is 4.90 Å². The Bertz CT molecular complexity index is 519. The number of halogens is 3. The number of alkyl halides is 3. The molecular weight excluding hydrogens is 281 g/mol. The number of anilines is 1. The highest BCUT2D eigenvalue weighted by molar-refractivity contribution is 5.99. The number of benzene rings is 1. The normalized spacial score (nSPS) is 12.2. The van der Waals surface area contributed by atoms with E-state index in [1.807, 2.05) is 20.8 Å². The summed E-state index contributed by atoms with van der Waals surface area (Å²) in [5.41, 5.74) is -0.548. The third-order valence-corrected chi connectivity index (χ3v) is 2.90. The quantitative estimate of drug-likeness (QED) is 0.919. The summed E-state index contributed by atoms with van der Waals surface area (Å²) in [5.74, 6) is -0.430. The summed E-state index contributed by atoms with van der Waals surface area (Å²) >= 11 is 0. The lowest BCUT2D eigenvalue weighted by Gasteiger charge is -2.27. The minimum atomic E-state index is -4.47. The van der Waals surface area contributed by atoms with Gasteiger partial charge in [-0.3, -0.25) is 4.79 Å². The Kier molecular flexibility index (Phi) is 4.91. The molecule has 0 aliphatic heterocycles. The van der Waals surface area contributed by atoms with E-state index in [1.54, 1.807) is 14.1 Å². The van der Waals surface area contributed by atoms with Crippen LogP contribution in [0.2, 0.25) is 0 Å². The number of rotatable bonds is 3. The molecule has 0 aliphatic rings. The minimum Gasteiger partial charge on any atom is -0.387 e. The third kappa shape index (κ3) is 4.65. The van der Waals surface area contributed by atoms with Gasteiger partial charge < -0.3 is 10.2 Å². The molecular formula is C15H21F3N2O. The Labute approximate surface area is 123 Å². The summed E-state index contributed by atoms with van der Waals surface area (Å²) in [5, 5.41) is 2.76. The molecule has 0 bridgehead atoms. The minimum absolute atomic E-state index is 0.0269. The van der Waals surface area contributed by atoms with Crippen molar-refractivity contribution in [1.29, 1.82) is 0 Å². The summed E-state index contributed by atoms with van der Waals surface area (Å²) in [6.45, 7) is 6.33. The SMILES string of the molecule is CNc1ccc(C(F)(F)F)cc1C(=O)N(C)CC(C)(C)C. The van der Waals surface area contributed by atoms with Gasteiger partial charge >= 0.3 is 6.18 Å². The van der Waals surface area contributed by atoms with Crippen molar-refractivity contribution in [3.8, 4) is 0 Å². The molecule has 1 aromatic rings. The van der Waals surface area contributed by atoms with Crippen molar-refractivity contribution >= 4 is 11.6 Å². The van der Waals surface area contributed by atoms with Crippen LogP contribution in [-0.2, 0) is 6.18 Å². The van der Waals surface area contributed by atoms with Crippen LogP contribution in [0, 0.1) is 5.41 Å². The van der Waals surface area contributed by atoms with Gasteiger partial charge in [0.25, 0.3) is 5.91 Å². The largest absolute Gasteiger partial charge is 0.416 e. The molecule has 0 saturated heterocycles. The zero-order valence-corrected chi connectivity index (χ0v) is 12.9. The van der Waals surface area contributed by atoms with Crippen molar-refractivity contribution in [2.75, 3.05) is 26.0 Å². The molecule has 0 saturated carbocycles. The first-order chi connectivity index (χ1) is 9.45. The van der Waals surface area contributed by atoms with Crippen LogP contribution in [0.4, 0.5) is 18.9 Å². The van der Waals surface area contributed by atoms with Crippen molar-refractivity contribution in [3.63, 3.8) is 0 Å². The van der Waals surface area contributed by atoms with Crippen LogP contribution < -0.4 is 5.32 Å². The van der Waals surface area contributed by atoms with Crippen LogP contribution in [0.25, 0.3) is 0 Å². The summed E-state index contributed by atoms with van der Waals surface area (Å²) in [7, 11) is 3.16.